The van der Waals surface area contributed by atoms with Gasteiger partial charge in [0.05, 0.1) is 0 Å². The van der Waals surface area contributed by atoms with E-state index in [-0.39, 0.29) is 0 Å². The fourth-order valence-electron chi connectivity index (χ4n) is 2.73. The van der Waals surface area contributed by atoms with E-state index in [1.54, 1.807) is 10.4 Å². The van der Waals surface area contributed by atoms with Gasteiger partial charge in [-0.05, 0) is 42.2 Å². The van der Waals surface area contributed by atoms with Crippen LogP contribution in [0, 0.1) is 5.92 Å². The Balaban J connectivity index is 2.41. The Hall–Kier alpha value is -0.300. The minimum atomic E-state index is 0.906. The smallest absolute Gasteiger partial charge is 0.00773 e. The topological polar surface area (TPSA) is 0 Å². The van der Waals surface area contributed by atoms with Crippen LogP contribution in [0.15, 0.2) is 11.4 Å². The van der Waals surface area contributed by atoms with Crippen molar-refractivity contribution in [3.63, 3.8) is 0 Å². The molecule has 0 N–H and O–H groups in total. The van der Waals surface area contributed by atoms with Crippen LogP contribution in [0.25, 0.3) is 0 Å². The molecule has 0 nitrogen and oxygen atoms in total. The highest BCUT2D eigenvalue weighted by atomic mass is 32.1. The summed E-state index contributed by atoms with van der Waals surface area (Å²) in [7, 11) is 0. The van der Waals surface area contributed by atoms with Gasteiger partial charge in [-0.3, -0.25) is 0 Å². The summed E-state index contributed by atoms with van der Waals surface area (Å²) < 4.78 is 0. The summed E-state index contributed by atoms with van der Waals surface area (Å²) in [5.74, 6) is 0.906. The van der Waals surface area contributed by atoms with Gasteiger partial charge in [0.2, 0.25) is 0 Å². The Kier molecular flexibility index (Phi) is 9.24. The molecule has 0 aliphatic rings. The average molecular weight is 281 g/mol. The Morgan fingerprint density at radius 1 is 1.00 bits per heavy atom. The Labute approximate surface area is 124 Å². The first-order valence-electron chi connectivity index (χ1n) is 8.37. The van der Waals surface area contributed by atoms with Gasteiger partial charge in [0.15, 0.2) is 0 Å². The number of hydrogen-bond donors (Lipinski definition) is 0. The van der Waals surface area contributed by atoms with E-state index < -0.39 is 0 Å². The normalized spacial score (nSPS) is 12.8. The van der Waals surface area contributed by atoms with E-state index in [1.165, 1.54) is 64.2 Å². The first kappa shape index (κ1) is 16.8. The van der Waals surface area contributed by atoms with E-state index in [4.69, 9.17) is 0 Å². The van der Waals surface area contributed by atoms with Crippen molar-refractivity contribution in [1.29, 1.82) is 0 Å². The molecule has 1 aromatic heterocycles. The molecule has 1 atom stereocenters. The molecule has 19 heavy (non-hydrogen) atoms. The second-order valence-corrected chi connectivity index (χ2v) is 6.80. The second kappa shape index (κ2) is 10.5. The first-order valence-corrected chi connectivity index (χ1v) is 9.24. The van der Waals surface area contributed by atoms with Crippen molar-refractivity contribution >= 4 is 11.3 Å². The lowest BCUT2D eigenvalue weighted by Gasteiger charge is -2.14. The lowest BCUT2D eigenvalue weighted by atomic mass is 9.91. The number of unbranched alkanes of at least 4 members (excludes halogenated alkanes) is 4. The molecule has 0 aromatic carbocycles. The largest absolute Gasteiger partial charge is 0.149 e. The minimum absolute atomic E-state index is 0.906. The maximum absolute atomic E-state index is 2.38. The zero-order valence-electron chi connectivity index (χ0n) is 13.2. The highest BCUT2D eigenvalue weighted by Gasteiger charge is 2.11. The molecule has 0 radical (unpaired) electrons. The van der Waals surface area contributed by atoms with Gasteiger partial charge in [0, 0.05) is 4.88 Å². The first-order chi connectivity index (χ1) is 9.31. The standard InChI is InChI=1S/C18H32S/c1-4-7-9-10-12-18-17(13-14-19-18)15-16(6-3)11-8-5-2/h13-14,16H,4-12,15H2,1-3H3. The summed E-state index contributed by atoms with van der Waals surface area (Å²) in [6.45, 7) is 6.94. The van der Waals surface area contributed by atoms with E-state index in [0.29, 0.717) is 0 Å². The van der Waals surface area contributed by atoms with Crippen LogP contribution in [0.2, 0.25) is 0 Å². The fraction of sp³-hybridized carbons (Fsp3) is 0.778. The van der Waals surface area contributed by atoms with Gasteiger partial charge in [-0.2, -0.15) is 0 Å². The molecular weight excluding hydrogens is 248 g/mol. The van der Waals surface area contributed by atoms with E-state index in [0.717, 1.165) is 5.92 Å². The van der Waals surface area contributed by atoms with Crippen molar-refractivity contribution in [2.24, 2.45) is 5.92 Å². The molecule has 0 saturated heterocycles. The van der Waals surface area contributed by atoms with E-state index in [2.05, 4.69) is 32.2 Å². The third kappa shape index (κ3) is 6.61. The molecule has 0 amide bonds. The van der Waals surface area contributed by atoms with Gasteiger partial charge >= 0.3 is 0 Å². The molecule has 0 spiro atoms. The van der Waals surface area contributed by atoms with Crippen LogP contribution in [-0.4, -0.2) is 0 Å². The molecule has 1 aromatic rings. The van der Waals surface area contributed by atoms with E-state index >= 15 is 0 Å². The van der Waals surface area contributed by atoms with Gasteiger partial charge in [0.25, 0.3) is 0 Å². The molecule has 0 aliphatic carbocycles. The van der Waals surface area contributed by atoms with E-state index in [9.17, 15) is 0 Å². The lowest BCUT2D eigenvalue weighted by Crippen LogP contribution is -2.04. The van der Waals surface area contributed by atoms with Crippen molar-refractivity contribution in [2.75, 3.05) is 0 Å². The zero-order valence-corrected chi connectivity index (χ0v) is 14.0. The molecule has 1 heteroatoms. The average Bonchev–Trinajstić information content (AvgIpc) is 2.87. The maximum Gasteiger partial charge on any atom is 0.00773 e. The molecule has 0 aliphatic heterocycles. The summed E-state index contributed by atoms with van der Waals surface area (Å²) in [5, 5.41) is 2.30. The highest BCUT2D eigenvalue weighted by molar-refractivity contribution is 7.10. The number of aryl methyl sites for hydroxylation is 1. The maximum atomic E-state index is 2.38. The summed E-state index contributed by atoms with van der Waals surface area (Å²) in [5.41, 5.74) is 1.66. The predicted octanol–water partition coefficient (Wildman–Crippen LogP) is 6.63. The van der Waals surface area contributed by atoms with Crippen molar-refractivity contribution in [3.8, 4) is 0 Å². The number of hydrogen-bond acceptors (Lipinski definition) is 1. The Morgan fingerprint density at radius 3 is 2.47 bits per heavy atom. The summed E-state index contributed by atoms with van der Waals surface area (Å²) in [4.78, 5) is 1.67. The van der Waals surface area contributed by atoms with E-state index in [1.807, 2.05) is 11.3 Å². The summed E-state index contributed by atoms with van der Waals surface area (Å²) in [6, 6.07) is 2.38. The number of rotatable bonds is 11. The molecule has 0 fully saturated rings. The zero-order chi connectivity index (χ0) is 13.9. The minimum Gasteiger partial charge on any atom is -0.149 e. The van der Waals surface area contributed by atoms with Gasteiger partial charge in [-0.15, -0.1) is 11.3 Å². The molecular formula is C18H32S. The Bertz CT molecular complexity index is 313. The molecule has 1 rings (SSSR count). The van der Waals surface area contributed by atoms with Crippen LogP contribution < -0.4 is 0 Å². The fourth-order valence-corrected chi connectivity index (χ4v) is 3.70. The number of thiophene rings is 1. The molecule has 0 bridgehead atoms. The predicted molar refractivity (Wildman–Crippen MR) is 89.2 cm³/mol. The SMILES string of the molecule is CCCCCCc1sccc1CC(CC)CCCC. The van der Waals surface area contributed by atoms with Crippen molar-refractivity contribution < 1.29 is 0 Å². The van der Waals surface area contributed by atoms with Crippen molar-refractivity contribution in [1.82, 2.24) is 0 Å². The van der Waals surface area contributed by atoms with Crippen LogP contribution in [0.4, 0.5) is 0 Å². The van der Waals surface area contributed by atoms with Crippen LogP contribution in [0.3, 0.4) is 0 Å². The highest BCUT2D eigenvalue weighted by Crippen LogP contribution is 2.25. The lowest BCUT2D eigenvalue weighted by molar-refractivity contribution is 0.448. The quantitative estimate of drug-likeness (QED) is 0.399. The van der Waals surface area contributed by atoms with Crippen LogP contribution in [-0.2, 0) is 12.8 Å². The van der Waals surface area contributed by atoms with Gasteiger partial charge < -0.3 is 0 Å². The summed E-state index contributed by atoms with van der Waals surface area (Å²) >= 11 is 1.98. The molecule has 1 heterocycles. The Morgan fingerprint density at radius 2 is 1.79 bits per heavy atom. The monoisotopic (exact) mass is 280 g/mol. The van der Waals surface area contributed by atoms with Crippen LogP contribution in [0.1, 0.15) is 82.6 Å². The summed E-state index contributed by atoms with van der Waals surface area (Å²) in [6.07, 6.45) is 13.6. The molecule has 110 valence electrons. The van der Waals surface area contributed by atoms with Gasteiger partial charge in [-0.1, -0.05) is 65.7 Å². The molecule has 1 unspecified atom stereocenters. The van der Waals surface area contributed by atoms with Gasteiger partial charge in [-0.25, -0.2) is 0 Å². The van der Waals surface area contributed by atoms with Crippen molar-refractivity contribution in [2.45, 2.75) is 85.0 Å². The van der Waals surface area contributed by atoms with Crippen LogP contribution >= 0.6 is 11.3 Å². The third-order valence-electron chi connectivity index (χ3n) is 4.15. The van der Waals surface area contributed by atoms with Crippen LogP contribution in [0.5, 0.6) is 0 Å². The second-order valence-electron chi connectivity index (χ2n) is 5.80. The molecule has 0 saturated carbocycles. The third-order valence-corrected chi connectivity index (χ3v) is 5.17. The van der Waals surface area contributed by atoms with Gasteiger partial charge in [0.1, 0.15) is 0 Å². The van der Waals surface area contributed by atoms with Crippen molar-refractivity contribution in [3.05, 3.63) is 21.9 Å².